The Balaban J connectivity index is 2.34. The SMILES string of the molecule is COc1c(C)cc(OCC(C)CCCl)c2ccccc12. The van der Waals surface area contributed by atoms with Crippen LogP contribution in [0.25, 0.3) is 10.8 Å². The van der Waals surface area contributed by atoms with Crippen LogP contribution in [0.2, 0.25) is 0 Å². The maximum atomic E-state index is 6.00. The van der Waals surface area contributed by atoms with E-state index in [1.807, 2.05) is 19.1 Å². The van der Waals surface area contributed by atoms with Gasteiger partial charge in [0.2, 0.25) is 0 Å². The Morgan fingerprint density at radius 1 is 1.20 bits per heavy atom. The topological polar surface area (TPSA) is 18.5 Å². The number of methoxy groups -OCH3 is 1. The maximum Gasteiger partial charge on any atom is 0.129 e. The lowest BCUT2D eigenvalue weighted by atomic mass is 10.0. The summed E-state index contributed by atoms with van der Waals surface area (Å²) in [5.41, 5.74) is 1.09. The number of aryl methyl sites for hydroxylation is 1. The summed E-state index contributed by atoms with van der Waals surface area (Å²) in [5.74, 6) is 2.96. The minimum absolute atomic E-state index is 0.452. The van der Waals surface area contributed by atoms with Gasteiger partial charge in [-0.05, 0) is 30.9 Å². The molecule has 0 aliphatic carbocycles. The largest absolute Gasteiger partial charge is 0.496 e. The summed E-state index contributed by atoms with van der Waals surface area (Å²) in [4.78, 5) is 0. The molecule has 0 aromatic heterocycles. The zero-order valence-corrected chi connectivity index (χ0v) is 13.0. The van der Waals surface area contributed by atoms with E-state index in [-0.39, 0.29) is 0 Å². The lowest BCUT2D eigenvalue weighted by Gasteiger charge is -2.16. The second-order valence-corrected chi connectivity index (χ2v) is 5.54. The number of halogens is 1. The van der Waals surface area contributed by atoms with Crippen LogP contribution < -0.4 is 9.47 Å². The molecule has 1 unspecified atom stereocenters. The van der Waals surface area contributed by atoms with Gasteiger partial charge in [-0.2, -0.15) is 0 Å². The lowest BCUT2D eigenvalue weighted by Crippen LogP contribution is -2.09. The first-order valence-corrected chi connectivity index (χ1v) is 7.46. The van der Waals surface area contributed by atoms with Gasteiger partial charge >= 0.3 is 0 Å². The molecule has 0 spiro atoms. The van der Waals surface area contributed by atoms with Gasteiger partial charge in [-0.25, -0.2) is 0 Å². The average Bonchev–Trinajstić information content (AvgIpc) is 2.45. The fourth-order valence-electron chi connectivity index (χ4n) is 2.34. The Morgan fingerprint density at radius 3 is 2.55 bits per heavy atom. The Morgan fingerprint density at radius 2 is 1.90 bits per heavy atom. The molecule has 2 aromatic rings. The van der Waals surface area contributed by atoms with Crippen molar-refractivity contribution in [2.24, 2.45) is 5.92 Å². The van der Waals surface area contributed by atoms with Crippen LogP contribution >= 0.6 is 11.6 Å². The molecule has 108 valence electrons. The number of hydrogen-bond donors (Lipinski definition) is 0. The number of alkyl halides is 1. The third-order valence-electron chi connectivity index (χ3n) is 3.47. The van der Waals surface area contributed by atoms with Gasteiger partial charge in [0.05, 0.1) is 13.7 Å². The first-order chi connectivity index (χ1) is 9.67. The van der Waals surface area contributed by atoms with Gasteiger partial charge in [0.25, 0.3) is 0 Å². The number of hydrogen-bond acceptors (Lipinski definition) is 2. The summed E-state index contributed by atoms with van der Waals surface area (Å²) >= 11 is 5.77. The van der Waals surface area contributed by atoms with Gasteiger partial charge in [0.1, 0.15) is 11.5 Å². The normalized spacial score (nSPS) is 12.4. The predicted molar refractivity (Wildman–Crippen MR) is 85.2 cm³/mol. The van der Waals surface area contributed by atoms with E-state index in [2.05, 4.69) is 25.1 Å². The maximum absolute atomic E-state index is 6.00. The van der Waals surface area contributed by atoms with Crippen LogP contribution in [0.1, 0.15) is 18.9 Å². The van der Waals surface area contributed by atoms with E-state index in [1.165, 1.54) is 0 Å². The molecule has 2 rings (SSSR count). The molecule has 0 amide bonds. The van der Waals surface area contributed by atoms with Crippen molar-refractivity contribution in [1.29, 1.82) is 0 Å². The van der Waals surface area contributed by atoms with Gasteiger partial charge in [-0.3, -0.25) is 0 Å². The molecule has 0 radical (unpaired) electrons. The second-order valence-electron chi connectivity index (χ2n) is 5.16. The lowest BCUT2D eigenvalue weighted by molar-refractivity contribution is 0.259. The highest BCUT2D eigenvalue weighted by atomic mass is 35.5. The van der Waals surface area contributed by atoms with Crippen molar-refractivity contribution in [3.8, 4) is 11.5 Å². The van der Waals surface area contributed by atoms with Crippen LogP contribution in [-0.2, 0) is 0 Å². The van der Waals surface area contributed by atoms with E-state index in [4.69, 9.17) is 21.1 Å². The van der Waals surface area contributed by atoms with E-state index >= 15 is 0 Å². The van der Waals surface area contributed by atoms with Crippen LogP contribution in [-0.4, -0.2) is 19.6 Å². The smallest absolute Gasteiger partial charge is 0.129 e. The van der Waals surface area contributed by atoms with E-state index in [9.17, 15) is 0 Å². The third kappa shape index (κ3) is 3.18. The minimum Gasteiger partial charge on any atom is -0.496 e. The van der Waals surface area contributed by atoms with Gasteiger partial charge in [0, 0.05) is 16.7 Å². The number of benzene rings is 2. The van der Waals surface area contributed by atoms with Crippen molar-refractivity contribution in [3.05, 3.63) is 35.9 Å². The van der Waals surface area contributed by atoms with Crippen LogP contribution in [0.4, 0.5) is 0 Å². The number of ether oxygens (including phenoxy) is 2. The van der Waals surface area contributed by atoms with Crippen LogP contribution in [0.15, 0.2) is 30.3 Å². The fourth-order valence-corrected chi connectivity index (χ4v) is 2.71. The number of fused-ring (bicyclic) bond motifs is 1. The summed E-state index contributed by atoms with van der Waals surface area (Å²) in [6.45, 7) is 4.88. The monoisotopic (exact) mass is 292 g/mol. The quantitative estimate of drug-likeness (QED) is 0.712. The van der Waals surface area contributed by atoms with Gasteiger partial charge < -0.3 is 9.47 Å². The van der Waals surface area contributed by atoms with Crippen molar-refractivity contribution in [1.82, 2.24) is 0 Å². The highest BCUT2D eigenvalue weighted by Gasteiger charge is 2.11. The Hall–Kier alpha value is -1.41. The Labute approximate surface area is 125 Å². The van der Waals surface area contributed by atoms with Gasteiger partial charge in [-0.15, -0.1) is 11.6 Å². The summed E-state index contributed by atoms with van der Waals surface area (Å²) in [5, 5.41) is 2.18. The average molecular weight is 293 g/mol. The Bertz CT molecular complexity index is 580. The zero-order chi connectivity index (χ0) is 14.5. The third-order valence-corrected chi connectivity index (χ3v) is 3.69. The van der Waals surface area contributed by atoms with Crippen molar-refractivity contribution < 1.29 is 9.47 Å². The van der Waals surface area contributed by atoms with Crippen molar-refractivity contribution in [2.75, 3.05) is 19.6 Å². The summed E-state index contributed by atoms with van der Waals surface area (Å²) < 4.78 is 11.5. The standard InChI is InChI=1S/C17H21ClO2/c1-12(8-9-18)11-20-16-10-13(2)17(19-3)15-7-5-4-6-14(15)16/h4-7,10,12H,8-9,11H2,1-3H3. The first-order valence-electron chi connectivity index (χ1n) is 6.92. The molecule has 0 heterocycles. The van der Waals surface area contributed by atoms with E-state index in [0.717, 1.165) is 34.3 Å². The molecule has 0 saturated carbocycles. The highest BCUT2D eigenvalue weighted by molar-refractivity contribution is 6.17. The molecule has 3 heteroatoms. The predicted octanol–water partition coefficient (Wildman–Crippen LogP) is 4.80. The molecule has 0 fully saturated rings. The molecular weight excluding hydrogens is 272 g/mol. The van der Waals surface area contributed by atoms with Crippen LogP contribution in [0.3, 0.4) is 0 Å². The molecule has 20 heavy (non-hydrogen) atoms. The summed E-state index contributed by atoms with van der Waals surface area (Å²) in [6, 6.07) is 10.2. The van der Waals surface area contributed by atoms with E-state index in [0.29, 0.717) is 18.4 Å². The van der Waals surface area contributed by atoms with Crippen molar-refractivity contribution in [2.45, 2.75) is 20.3 Å². The molecule has 0 N–H and O–H groups in total. The summed E-state index contributed by atoms with van der Waals surface area (Å²) in [7, 11) is 1.71. The number of rotatable bonds is 6. The van der Waals surface area contributed by atoms with Crippen LogP contribution in [0, 0.1) is 12.8 Å². The molecule has 0 saturated heterocycles. The first kappa shape index (κ1) is 15.0. The van der Waals surface area contributed by atoms with Crippen molar-refractivity contribution in [3.63, 3.8) is 0 Å². The second kappa shape index (κ2) is 6.85. The van der Waals surface area contributed by atoms with Crippen molar-refractivity contribution >= 4 is 22.4 Å². The molecule has 0 aliphatic heterocycles. The highest BCUT2D eigenvalue weighted by Crippen LogP contribution is 2.36. The molecule has 1 atom stereocenters. The minimum atomic E-state index is 0.452. The zero-order valence-electron chi connectivity index (χ0n) is 12.3. The Kier molecular flexibility index (Phi) is 5.13. The van der Waals surface area contributed by atoms with Gasteiger partial charge in [-0.1, -0.05) is 31.2 Å². The van der Waals surface area contributed by atoms with E-state index in [1.54, 1.807) is 7.11 Å². The van der Waals surface area contributed by atoms with E-state index < -0.39 is 0 Å². The molecule has 0 bridgehead atoms. The van der Waals surface area contributed by atoms with Crippen LogP contribution in [0.5, 0.6) is 11.5 Å². The molecular formula is C17H21ClO2. The fraction of sp³-hybridized carbons (Fsp3) is 0.412. The summed E-state index contributed by atoms with van der Waals surface area (Å²) in [6.07, 6.45) is 0.967. The molecule has 2 nitrogen and oxygen atoms in total. The van der Waals surface area contributed by atoms with Gasteiger partial charge in [0.15, 0.2) is 0 Å². The molecule has 0 aliphatic rings. The molecule has 2 aromatic carbocycles.